The maximum atomic E-state index is 12.8. The predicted octanol–water partition coefficient (Wildman–Crippen LogP) is 2.00. The molecule has 1 aliphatic rings. The van der Waals surface area contributed by atoms with Gasteiger partial charge in [0.05, 0.1) is 11.3 Å². The zero-order valence-corrected chi connectivity index (χ0v) is 14.9. The molecule has 1 aromatic carbocycles. The van der Waals surface area contributed by atoms with Gasteiger partial charge in [0.25, 0.3) is 5.91 Å². The quantitative estimate of drug-likeness (QED) is 0.891. The molecular formula is C19H26N4O2. The maximum Gasteiger partial charge on any atom is 0.253 e. The first kappa shape index (κ1) is 17.6. The van der Waals surface area contributed by atoms with Crippen LogP contribution in [-0.2, 0) is 0 Å². The number of likely N-dealkylation sites (N-methyl/N-ethyl adjacent to an activating group) is 1. The van der Waals surface area contributed by atoms with E-state index in [1.807, 2.05) is 54.2 Å². The molecule has 0 radical (unpaired) electrons. The molecule has 25 heavy (non-hydrogen) atoms. The van der Waals surface area contributed by atoms with E-state index in [4.69, 9.17) is 0 Å². The number of H-pyrrole nitrogens is 1. The van der Waals surface area contributed by atoms with Crippen LogP contribution in [0.2, 0.25) is 0 Å². The van der Waals surface area contributed by atoms with Crippen molar-refractivity contribution in [2.45, 2.75) is 24.9 Å². The molecule has 6 nitrogen and oxygen atoms in total. The van der Waals surface area contributed by atoms with E-state index in [9.17, 15) is 9.90 Å². The molecule has 0 spiro atoms. The minimum Gasteiger partial charge on any atom is -0.388 e. The Hall–Kier alpha value is -2.18. The van der Waals surface area contributed by atoms with Crippen molar-refractivity contribution < 1.29 is 9.90 Å². The summed E-state index contributed by atoms with van der Waals surface area (Å²) in [7, 11) is 3.93. The summed E-state index contributed by atoms with van der Waals surface area (Å²) < 4.78 is 0. The van der Waals surface area contributed by atoms with Gasteiger partial charge in [-0.15, -0.1) is 0 Å². The number of aromatic nitrogens is 2. The molecule has 1 aromatic heterocycles. The molecule has 134 valence electrons. The van der Waals surface area contributed by atoms with Crippen LogP contribution in [0.4, 0.5) is 0 Å². The summed E-state index contributed by atoms with van der Waals surface area (Å²) in [6, 6.07) is 9.48. The third kappa shape index (κ3) is 4.27. The fourth-order valence-electron chi connectivity index (χ4n) is 3.52. The Balaban J connectivity index is 1.67. The number of carbonyl (C=O) groups excluding carboxylic acids is 1. The molecule has 0 aliphatic carbocycles. The Morgan fingerprint density at radius 2 is 2.00 bits per heavy atom. The molecule has 1 fully saturated rings. The van der Waals surface area contributed by atoms with Gasteiger partial charge in [-0.1, -0.05) is 12.1 Å². The fraction of sp³-hybridized carbons (Fsp3) is 0.474. The molecule has 0 unspecified atom stereocenters. The van der Waals surface area contributed by atoms with E-state index < -0.39 is 5.60 Å². The summed E-state index contributed by atoms with van der Waals surface area (Å²) in [5, 5.41) is 17.6. The minimum absolute atomic E-state index is 0.0327. The van der Waals surface area contributed by atoms with Gasteiger partial charge < -0.3 is 14.9 Å². The Labute approximate surface area is 148 Å². The SMILES string of the molecule is CN(C)C[C@@]1(O)CCCN(C(=O)c2ccc(-c3ccn[nH]3)cc2)CC1. The number of rotatable bonds is 4. The molecule has 2 heterocycles. The van der Waals surface area contributed by atoms with Crippen LogP contribution in [0.25, 0.3) is 11.3 Å². The number of hydrogen-bond acceptors (Lipinski definition) is 4. The highest BCUT2D eigenvalue weighted by Gasteiger charge is 2.32. The van der Waals surface area contributed by atoms with Crippen LogP contribution in [0.1, 0.15) is 29.6 Å². The monoisotopic (exact) mass is 342 g/mol. The van der Waals surface area contributed by atoms with E-state index >= 15 is 0 Å². The van der Waals surface area contributed by atoms with Crippen LogP contribution in [0, 0.1) is 0 Å². The first-order valence-corrected chi connectivity index (χ1v) is 8.73. The smallest absolute Gasteiger partial charge is 0.253 e. The molecular weight excluding hydrogens is 316 g/mol. The molecule has 1 amide bonds. The van der Waals surface area contributed by atoms with Gasteiger partial charge in [-0.3, -0.25) is 9.89 Å². The standard InChI is InChI=1S/C19H26N4O2/c1-22(2)14-19(25)9-3-12-23(13-10-19)18(24)16-6-4-15(5-7-16)17-8-11-20-21-17/h4-8,11,25H,3,9-10,12-14H2,1-2H3,(H,20,21)/t19-/m1/s1. The van der Waals surface area contributed by atoms with E-state index in [2.05, 4.69) is 10.2 Å². The van der Waals surface area contributed by atoms with E-state index in [1.54, 1.807) is 6.20 Å². The van der Waals surface area contributed by atoms with Crippen molar-refractivity contribution in [3.05, 3.63) is 42.1 Å². The van der Waals surface area contributed by atoms with Gasteiger partial charge in [0.2, 0.25) is 0 Å². The van der Waals surface area contributed by atoms with Crippen LogP contribution in [0.15, 0.2) is 36.5 Å². The molecule has 0 saturated carbocycles. The second-order valence-electron chi connectivity index (χ2n) is 7.16. The largest absolute Gasteiger partial charge is 0.388 e. The third-order valence-corrected chi connectivity index (χ3v) is 4.76. The summed E-state index contributed by atoms with van der Waals surface area (Å²) in [6.07, 6.45) is 3.87. The Morgan fingerprint density at radius 3 is 2.64 bits per heavy atom. The van der Waals surface area contributed by atoms with Crippen molar-refractivity contribution in [3.8, 4) is 11.3 Å². The summed E-state index contributed by atoms with van der Waals surface area (Å²) in [5.74, 6) is 0.0327. The summed E-state index contributed by atoms with van der Waals surface area (Å²) in [5.41, 5.74) is 1.91. The van der Waals surface area contributed by atoms with Crippen molar-refractivity contribution >= 4 is 5.91 Å². The third-order valence-electron chi connectivity index (χ3n) is 4.76. The fourth-order valence-corrected chi connectivity index (χ4v) is 3.52. The van der Waals surface area contributed by atoms with Crippen molar-refractivity contribution in [1.82, 2.24) is 20.0 Å². The summed E-state index contributed by atoms with van der Waals surface area (Å²) in [6.45, 7) is 1.91. The zero-order valence-electron chi connectivity index (χ0n) is 14.9. The highest BCUT2D eigenvalue weighted by atomic mass is 16.3. The van der Waals surface area contributed by atoms with E-state index in [0.29, 0.717) is 31.6 Å². The Bertz CT molecular complexity index is 697. The lowest BCUT2D eigenvalue weighted by Crippen LogP contribution is -2.41. The van der Waals surface area contributed by atoms with E-state index in [1.165, 1.54) is 0 Å². The topological polar surface area (TPSA) is 72.5 Å². The first-order chi connectivity index (χ1) is 12.0. The summed E-state index contributed by atoms with van der Waals surface area (Å²) >= 11 is 0. The lowest BCUT2D eigenvalue weighted by atomic mass is 9.94. The number of nitrogens with zero attached hydrogens (tertiary/aromatic N) is 3. The number of carbonyl (C=O) groups is 1. The molecule has 1 saturated heterocycles. The van der Waals surface area contributed by atoms with Crippen molar-refractivity contribution in [3.63, 3.8) is 0 Å². The number of aliphatic hydroxyl groups is 1. The molecule has 3 rings (SSSR count). The molecule has 1 atom stereocenters. The van der Waals surface area contributed by atoms with Crippen LogP contribution < -0.4 is 0 Å². The second-order valence-corrected chi connectivity index (χ2v) is 7.16. The zero-order chi connectivity index (χ0) is 17.9. The Kier molecular flexibility index (Phi) is 5.20. The second kappa shape index (κ2) is 7.37. The average Bonchev–Trinajstić information content (AvgIpc) is 3.05. The van der Waals surface area contributed by atoms with Crippen molar-refractivity contribution in [2.75, 3.05) is 33.7 Å². The molecule has 2 aromatic rings. The molecule has 6 heteroatoms. The average molecular weight is 342 g/mol. The molecule has 2 N–H and O–H groups in total. The highest BCUT2D eigenvalue weighted by molar-refractivity contribution is 5.94. The number of benzene rings is 1. The maximum absolute atomic E-state index is 12.8. The van der Waals surface area contributed by atoms with Crippen LogP contribution in [0.3, 0.4) is 0 Å². The van der Waals surface area contributed by atoms with Crippen LogP contribution in [-0.4, -0.2) is 70.3 Å². The number of nitrogens with one attached hydrogen (secondary N) is 1. The first-order valence-electron chi connectivity index (χ1n) is 8.73. The molecule has 0 bridgehead atoms. The number of amides is 1. The number of hydrogen-bond donors (Lipinski definition) is 2. The lowest BCUT2D eigenvalue weighted by Gasteiger charge is -2.30. The highest BCUT2D eigenvalue weighted by Crippen LogP contribution is 2.24. The lowest BCUT2D eigenvalue weighted by molar-refractivity contribution is 0.00305. The van der Waals surface area contributed by atoms with Gasteiger partial charge in [-0.25, -0.2) is 0 Å². The van der Waals surface area contributed by atoms with Gasteiger partial charge >= 0.3 is 0 Å². The van der Waals surface area contributed by atoms with Gasteiger partial charge in [-0.05, 0) is 57.1 Å². The molecule has 1 aliphatic heterocycles. The predicted molar refractivity (Wildman–Crippen MR) is 97.3 cm³/mol. The van der Waals surface area contributed by atoms with Gasteiger partial charge in [-0.2, -0.15) is 5.10 Å². The minimum atomic E-state index is -0.705. The van der Waals surface area contributed by atoms with Crippen LogP contribution in [0.5, 0.6) is 0 Å². The van der Waals surface area contributed by atoms with Crippen molar-refractivity contribution in [2.24, 2.45) is 0 Å². The normalized spacial score (nSPS) is 21.4. The number of aromatic amines is 1. The van der Waals surface area contributed by atoms with E-state index in [0.717, 1.165) is 24.1 Å². The Morgan fingerprint density at radius 1 is 1.24 bits per heavy atom. The van der Waals surface area contributed by atoms with Gasteiger partial charge in [0.15, 0.2) is 0 Å². The number of likely N-dealkylation sites (tertiary alicyclic amines) is 1. The summed E-state index contributed by atoms with van der Waals surface area (Å²) in [4.78, 5) is 16.7. The van der Waals surface area contributed by atoms with Gasteiger partial charge in [0, 0.05) is 31.4 Å². The van der Waals surface area contributed by atoms with E-state index in [-0.39, 0.29) is 5.91 Å². The van der Waals surface area contributed by atoms with Crippen molar-refractivity contribution in [1.29, 1.82) is 0 Å². The van der Waals surface area contributed by atoms with Gasteiger partial charge in [0.1, 0.15) is 0 Å². The van der Waals surface area contributed by atoms with Crippen LogP contribution >= 0.6 is 0 Å².